The van der Waals surface area contributed by atoms with Gasteiger partial charge in [0.05, 0.1) is 0 Å². The van der Waals surface area contributed by atoms with E-state index in [9.17, 15) is 4.79 Å². The summed E-state index contributed by atoms with van der Waals surface area (Å²) < 4.78 is 0. The van der Waals surface area contributed by atoms with Crippen LogP contribution in [0.25, 0.3) is 0 Å². The number of hydrogen-bond donors (Lipinski definition) is 0. The number of carbonyl (C=O) groups is 1. The Morgan fingerprint density at radius 2 is 1.56 bits per heavy atom. The zero-order chi connectivity index (χ0) is 12.4. The van der Waals surface area contributed by atoms with Crippen molar-refractivity contribution in [2.45, 2.75) is 21.5 Å². The second-order valence-corrected chi connectivity index (χ2v) is 6.49. The van der Waals surface area contributed by atoms with Gasteiger partial charge in [-0.15, -0.1) is 11.8 Å². The fraction of sp³-hybridized carbons (Fsp3) is 0.133. The average Bonchev–Trinajstić information content (AvgIpc) is 2.57. The third kappa shape index (κ3) is 2.47. The molecule has 1 atom stereocenters. The fourth-order valence-corrected chi connectivity index (χ4v) is 4.36. The van der Waals surface area contributed by atoms with Crippen LogP contribution in [-0.4, -0.2) is 5.12 Å². The van der Waals surface area contributed by atoms with Gasteiger partial charge in [-0.25, -0.2) is 0 Å². The predicted molar refractivity (Wildman–Crippen MR) is 77.0 cm³/mol. The Bertz CT molecular complexity index is 566. The first-order chi connectivity index (χ1) is 8.83. The summed E-state index contributed by atoms with van der Waals surface area (Å²) in [7, 11) is 0. The van der Waals surface area contributed by atoms with Crippen molar-refractivity contribution in [1.29, 1.82) is 0 Å². The van der Waals surface area contributed by atoms with Gasteiger partial charge < -0.3 is 0 Å². The molecule has 1 aliphatic heterocycles. The Labute approximate surface area is 115 Å². The van der Waals surface area contributed by atoms with Crippen LogP contribution in [0.1, 0.15) is 17.2 Å². The first kappa shape index (κ1) is 11.9. The molecule has 2 aromatic rings. The molecule has 0 bridgehead atoms. The van der Waals surface area contributed by atoms with Crippen LogP contribution in [0.4, 0.5) is 0 Å². The van der Waals surface area contributed by atoms with Gasteiger partial charge in [-0.2, -0.15) is 0 Å². The monoisotopic (exact) mass is 272 g/mol. The second-order valence-electron chi connectivity index (χ2n) is 4.14. The molecule has 0 N–H and O–H groups in total. The molecule has 2 aromatic carbocycles. The Balaban J connectivity index is 1.97. The van der Waals surface area contributed by atoms with Crippen molar-refractivity contribution >= 4 is 28.6 Å². The minimum atomic E-state index is 0.231. The van der Waals surface area contributed by atoms with Crippen LogP contribution in [0.5, 0.6) is 0 Å². The van der Waals surface area contributed by atoms with Gasteiger partial charge in [-0.1, -0.05) is 54.2 Å². The summed E-state index contributed by atoms with van der Waals surface area (Å²) in [5.74, 6) is 0. The number of hydrogen-bond acceptors (Lipinski definition) is 3. The molecule has 1 nitrogen and oxygen atoms in total. The van der Waals surface area contributed by atoms with Crippen molar-refractivity contribution in [2.75, 3.05) is 0 Å². The lowest BCUT2D eigenvalue weighted by Gasteiger charge is -2.13. The Morgan fingerprint density at radius 1 is 0.889 bits per heavy atom. The highest BCUT2D eigenvalue weighted by Crippen LogP contribution is 2.46. The van der Waals surface area contributed by atoms with Gasteiger partial charge in [0.1, 0.15) is 0 Å². The number of thioether (sulfide) groups is 2. The van der Waals surface area contributed by atoms with Gasteiger partial charge in [0.15, 0.2) is 5.12 Å². The minimum Gasteiger partial charge on any atom is -0.287 e. The maximum atomic E-state index is 12.0. The molecule has 90 valence electrons. The van der Waals surface area contributed by atoms with Gasteiger partial charge in [-0.05, 0) is 17.7 Å². The van der Waals surface area contributed by atoms with Gasteiger partial charge in [-0.3, -0.25) is 4.79 Å². The molecule has 0 saturated carbocycles. The smallest absolute Gasteiger partial charge is 0.195 e. The van der Waals surface area contributed by atoms with Crippen LogP contribution in [0.2, 0.25) is 0 Å². The van der Waals surface area contributed by atoms with E-state index in [-0.39, 0.29) is 10.4 Å². The van der Waals surface area contributed by atoms with E-state index in [1.807, 2.05) is 36.4 Å². The largest absolute Gasteiger partial charge is 0.287 e. The van der Waals surface area contributed by atoms with E-state index < -0.39 is 0 Å². The summed E-state index contributed by atoms with van der Waals surface area (Å²) >= 11 is 3.16. The highest BCUT2D eigenvalue weighted by Gasteiger charge is 2.23. The SMILES string of the molecule is O=C1C[C@@H](c2ccccc2)Sc2ccccc2S1. The Morgan fingerprint density at radius 3 is 2.33 bits per heavy atom. The van der Waals surface area contributed by atoms with Crippen LogP contribution < -0.4 is 0 Å². The van der Waals surface area contributed by atoms with Crippen molar-refractivity contribution in [1.82, 2.24) is 0 Å². The van der Waals surface area contributed by atoms with Gasteiger partial charge in [0, 0.05) is 21.5 Å². The molecule has 0 aliphatic carbocycles. The normalized spacial score (nSPS) is 19.1. The summed E-state index contributed by atoms with van der Waals surface area (Å²) in [5, 5.41) is 0.483. The van der Waals surface area contributed by atoms with Crippen LogP contribution in [-0.2, 0) is 4.79 Å². The Kier molecular flexibility index (Phi) is 3.43. The van der Waals surface area contributed by atoms with E-state index in [0.29, 0.717) is 6.42 Å². The molecule has 1 heterocycles. The molecule has 0 aromatic heterocycles. The van der Waals surface area contributed by atoms with Crippen LogP contribution >= 0.6 is 23.5 Å². The predicted octanol–water partition coefficient (Wildman–Crippen LogP) is 4.54. The molecule has 0 saturated heterocycles. The van der Waals surface area contributed by atoms with Crippen molar-refractivity contribution in [3.63, 3.8) is 0 Å². The summed E-state index contributed by atoms with van der Waals surface area (Å²) in [5.41, 5.74) is 1.23. The molecular weight excluding hydrogens is 260 g/mol. The molecule has 3 heteroatoms. The molecule has 3 rings (SSSR count). The average molecular weight is 272 g/mol. The molecule has 0 spiro atoms. The lowest BCUT2D eigenvalue weighted by molar-refractivity contribution is -0.110. The highest BCUT2D eigenvalue weighted by atomic mass is 32.2. The van der Waals surface area contributed by atoms with Crippen LogP contribution in [0, 0.1) is 0 Å². The summed E-state index contributed by atoms with van der Waals surface area (Å²) in [6, 6.07) is 18.4. The van der Waals surface area contributed by atoms with Crippen molar-refractivity contribution in [3.05, 3.63) is 60.2 Å². The number of rotatable bonds is 1. The summed E-state index contributed by atoms with van der Waals surface area (Å²) in [4.78, 5) is 14.3. The molecular formula is C15H12OS2. The molecule has 0 radical (unpaired) electrons. The zero-order valence-corrected chi connectivity index (χ0v) is 11.3. The maximum Gasteiger partial charge on any atom is 0.195 e. The lowest BCUT2D eigenvalue weighted by atomic mass is 10.1. The maximum absolute atomic E-state index is 12.0. The second kappa shape index (κ2) is 5.21. The molecule has 18 heavy (non-hydrogen) atoms. The summed E-state index contributed by atoms with van der Waals surface area (Å²) in [6.07, 6.45) is 0.591. The van der Waals surface area contributed by atoms with E-state index in [1.165, 1.54) is 22.2 Å². The molecule has 1 aliphatic rings. The fourth-order valence-electron chi connectivity index (χ4n) is 2.00. The first-order valence-corrected chi connectivity index (χ1v) is 7.54. The van der Waals surface area contributed by atoms with E-state index in [2.05, 4.69) is 18.2 Å². The quantitative estimate of drug-likeness (QED) is 0.758. The molecule has 0 unspecified atom stereocenters. The third-order valence-electron chi connectivity index (χ3n) is 2.87. The number of carbonyl (C=O) groups excluding carboxylic acids is 1. The summed E-state index contributed by atoms with van der Waals surface area (Å²) in [6.45, 7) is 0. The van der Waals surface area contributed by atoms with Crippen molar-refractivity contribution < 1.29 is 4.79 Å². The third-order valence-corrected chi connectivity index (χ3v) is 5.30. The highest BCUT2D eigenvalue weighted by molar-refractivity contribution is 8.14. The van der Waals surface area contributed by atoms with Crippen molar-refractivity contribution in [3.8, 4) is 0 Å². The molecule has 0 fully saturated rings. The topological polar surface area (TPSA) is 17.1 Å². The zero-order valence-electron chi connectivity index (χ0n) is 9.71. The van der Waals surface area contributed by atoms with E-state index in [4.69, 9.17) is 0 Å². The van der Waals surface area contributed by atoms with Gasteiger partial charge in [0.2, 0.25) is 0 Å². The Hall–Kier alpha value is -1.19. The lowest BCUT2D eigenvalue weighted by Crippen LogP contribution is -1.98. The standard InChI is InChI=1S/C15H12OS2/c16-15-10-14(11-6-2-1-3-7-11)17-12-8-4-5-9-13(12)18-15/h1-9,14H,10H2/t14-/m0/s1. The van der Waals surface area contributed by atoms with Crippen molar-refractivity contribution in [2.24, 2.45) is 0 Å². The number of benzene rings is 2. The van der Waals surface area contributed by atoms with E-state index in [0.717, 1.165) is 4.90 Å². The van der Waals surface area contributed by atoms with Gasteiger partial charge in [0.25, 0.3) is 0 Å². The van der Waals surface area contributed by atoms with Crippen LogP contribution in [0.3, 0.4) is 0 Å². The minimum absolute atomic E-state index is 0.231. The van der Waals surface area contributed by atoms with Gasteiger partial charge >= 0.3 is 0 Å². The number of fused-ring (bicyclic) bond motifs is 1. The van der Waals surface area contributed by atoms with Crippen LogP contribution in [0.15, 0.2) is 64.4 Å². The molecule has 0 amide bonds. The van der Waals surface area contributed by atoms with E-state index in [1.54, 1.807) is 11.8 Å². The first-order valence-electron chi connectivity index (χ1n) is 5.84. The van der Waals surface area contributed by atoms with E-state index >= 15 is 0 Å².